The second-order valence-corrected chi connectivity index (χ2v) is 6.87. The number of hydrogen-bond donors (Lipinski definition) is 1. The second-order valence-electron chi connectivity index (χ2n) is 6.87. The highest BCUT2D eigenvalue weighted by molar-refractivity contribution is 5.85. The summed E-state index contributed by atoms with van der Waals surface area (Å²) in [5.41, 5.74) is 0. The van der Waals surface area contributed by atoms with Gasteiger partial charge in [-0.3, -0.25) is 14.6 Å². The number of rotatable bonds is 7. The zero-order valence-corrected chi connectivity index (χ0v) is 15.6. The third-order valence-electron chi connectivity index (χ3n) is 4.26. The van der Waals surface area contributed by atoms with E-state index in [1.165, 1.54) is 0 Å². The highest BCUT2D eigenvalue weighted by Crippen LogP contribution is 2.17. The minimum absolute atomic E-state index is 0. The Balaban J connectivity index is 0.00000288. The molecule has 1 aromatic rings. The highest BCUT2D eigenvalue weighted by Gasteiger charge is 2.22. The predicted octanol–water partition coefficient (Wildman–Crippen LogP) is 2.06. The first-order valence-electron chi connectivity index (χ1n) is 8.40. The topological polar surface area (TPSA) is 82.7 Å². The molecule has 0 saturated carbocycles. The maximum absolute atomic E-state index is 10.8. The van der Waals surface area contributed by atoms with Crippen molar-refractivity contribution in [3.63, 3.8) is 0 Å². The van der Waals surface area contributed by atoms with Crippen molar-refractivity contribution in [1.29, 1.82) is 0 Å². The number of halogens is 1. The summed E-state index contributed by atoms with van der Waals surface area (Å²) in [6, 6.07) is 0.329. The first-order chi connectivity index (χ1) is 10.9. The van der Waals surface area contributed by atoms with Gasteiger partial charge in [0.1, 0.15) is 0 Å². The molecule has 1 atom stereocenters. The van der Waals surface area contributed by atoms with Gasteiger partial charge >= 0.3 is 5.97 Å². The Hall–Kier alpha value is -1.18. The molecule has 0 aromatic carbocycles. The average Bonchev–Trinajstić information content (AvgIpc) is 2.73. The van der Waals surface area contributed by atoms with Gasteiger partial charge in [0, 0.05) is 19.0 Å². The number of hydrogen-bond acceptors (Lipinski definition) is 6. The lowest BCUT2D eigenvalue weighted by Crippen LogP contribution is -2.36. The number of carbonyl (C=O) groups is 1. The lowest BCUT2D eigenvalue weighted by atomic mass is 10.1. The van der Waals surface area contributed by atoms with Gasteiger partial charge in [-0.15, -0.1) is 12.4 Å². The summed E-state index contributed by atoms with van der Waals surface area (Å²) in [6.07, 6.45) is 3.90. The maximum atomic E-state index is 10.8. The fourth-order valence-corrected chi connectivity index (χ4v) is 3.07. The molecule has 1 N–H and O–H groups in total. The van der Waals surface area contributed by atoms with E-state index in [4.69, 9.17) is 9.63 Å². The minimum Gasteiger partial charge on any atom is -0.480 e. The van der Waals surface area contributed by atoms with E-state index in [9.17, 15) is 4.79 Å². The third kappa shape index (κ3) is 6.75. The monoisotopic (exact) mass is 360 g/mol. The molecular formula is C16H29ClN4O3. The Kier molecular flexibility index (Phi) is 8.66. The van der Waals surface area contributed by atoms with Crippen LogP contribution in [-0.4, -0.2) is 63.7 Å². The lowest BCUT2D eigenvalue weighted by molar-refractivity contribution is -0.138. The molecule has 1 aliphatic rings. The van der Waals surface area contributed by atoms with Crippen LogP contribution in [0.1, 0.15) is 44.8 Å². The van der Waals surface area contributed by atoms with Crippen molar-refractivity contribution in [3.8, 4) is 0 Å². The number of nitrogens with zero attached hydrogens (tertiary/aromatic N) is 4. The van der Waals surface area contributed by atoms with Crippen LogP contribution in [0.3, 0.4) is 0 Å². The summed E-state index contributed by atoms with van der Waals surface area (Å²) in [6.45, 7) is 6.97. The van der Waals surface area contributed by atoms with Gasteiger partial charge < -0.3 is 9.63 Å². The number of aromatic nitrogens is 2. The summed E-state index contributed by atoms with van der Waals surface area (Å²) in [5, 5.41) is 13.0. The molecule has 0 radical (unpaired) electrons. The number of likely N-dealkylation sites (N-methyl/N-ethyl adjacent to an activating group) is 1. The molecule has 0 amide bonds. The molecule has 0 spiro atoms. The zero-order valence-electron chi connectivity index (χ0n) is 14.8. The van der Waals surface area contributed by atoms with Crippen LogP contribution in [-0.2, 0) is 17.8 Å². The van der Waals surface area contributed by atoms with Crippen molar-refractivity contribution < 1.29 is 14.4 Å². The van der Waals surface area contributed by atoms with Crippen LogP contribution in [0.5, 0.6) is 0 Å². The van der Waals surface area contributed by atoms with Crippen LogP contribution in [0.15, 0.2) is 4.52 Å². The van der Waals surface area contributed by atoms with Crippen LogP contribution >= 0.6 is 12.4 Å². The van der Waals surface area contributed by atoms with Gasteiger partial charge in [-0.25, -0.2) is 0 Å². The van der Waals surface area contributed by atoms with E-state index in [0.717, 1.165) is 44.6 Å². The molecule has 0 aliphatic carbocycles. The quantitative estimate of drug-likeness (QED) is 0.796. The van der Waals surface area contributed by atoms with Crippen LogP contribution in [0, 0.1) is 5.92 Å². The van der Waals surface area contributed by atoms with E-state index in [0.29, 0.717) is 24.4 Å². The van der Waals surface area contributed by atoms with E-state index in [1.54, 1.807) is 0 Å². The van der Waals surface area contributed by atoms with E-state index in [2.05, 4.69) is 28.9 Å². The average molecular weight is 361 g/mol. The van der Waals surface area contributed by atoms with E-state index < -0.39 is 5.97 Å². The van der Waals surface area contributed by atoms with Crippen LogP contribution in [0.2, 0.25) is 0 Å². The largest absolute Gasteiger partial charge is 0.480 e. The molecule has 8 heteroatoms. The number of carboxylic acid groups (broad SMARTS) is 1. The number of carboxylic acids is 1. The lowest BCUT2D eigenvalue weighted by Gasteiger charge is -2.25. The van der Waals surface area contributed by atoms with Gasteiger partial charge in [0.25, 0.3) is 0 Å². The van der Waals surface area contributed by atoms with Gasteiger partial charge in [-0.2, -0.15) is 4.98 Å². The molecule has 2 rings (SSSR count). The summed E-state index contributed by atoms with van der Waals surface area (Å²) in [7, 11) is 1.89. The SMILES string of the molecule is CC(C)Cc1noc(CN2CCCC(N(C)CC(=O)O)CC2)n1.Cl. The zero-order chi connectivity index (χ0) is 16.8. The van der Waals surface area contributed by atoms with Gasteiger partial charge in [-0.1, -0.05) is 19.0 Å². The Bertz CT molecular complexity index is 509. The van der Waals surface area contributed by atoms with Gasteiger partial charge in [0.05, 0.1) is 13.1 Å². The summed E-state index contributed by atoms with van der Waals surface area (Å²) in [4.78, 5) is 19.6. The molecule has 7 nitrogen and oxygen atoms in total. The maximum Gasteiger partial charge on any atom is 0.317 e. The van der Waals surface area contributed by atoms with Crippen LogP contribution in [0.25, 0.3) is 0 Å². The first-order valence-corrected chi connectivity index (χ1v) is 8.40. The molecule has 2 heterocycles. The number of aliphatic carboxylic acids is 1. The molecule has 24 heavy (non-hydrogen) atoms. The Morgan fingerprint density at radius 2 is 2.17 bits per heavy atom. The van der Waals surface area contributed by atoms with Gasteiger partial charge in [0.2, 0.25) is 5.89 Å². The van der Waals surface area contributed by atoms with Crippen molar-refractivity contribution in [2.24, 2.45) is 5.92 Å². The summed E-state index contributed by atoms with van der Waals surface area (Å²) < 4.78 is 5.35. The summed E-state index contributed by atoms with van der Waals surface area (Å²) >= 11 is 0. The fourth-order valence-electron chi connectivity index (χ4n) is 3.07. The van der Waals surface area contributed by atoms with E-state index >= 15 is 0 Å². The first kappa shape index (κ1) is 20.9. The molecule has 1 saturated heterocycles. The number of likely N-dealkylation sites (tertiary alicyclic amines) is 1. The third-order valence-corrected chi connectivity index (χ3v) is 4.26. The van der Waals surface area contributed by atoms with Crippen molar-refractivity contribution in [2.75, 3.05) is 26.7 Å². The fraction of sp³-hybridized carbons (Fsp3) is 0.812. The molecular weight excluding hydrogens is 332 g/mol. The van der Waals surface area contributed by atoms with Crippen molar-refractivity contribution >= 4 is 18.4 Å². The Morgan fingerprint density at radius 3 is 2.83 bits per heavy atom. The normalized spacial score (nSPS) is 19.3. The molecule has 1 aromatic heterocycles. The second kappa shape index (κ2) is 9.96. The van der Waals surface area contributed by atoms with Crippen LogP contribution in [0.4, 0.5) is 0 Å². The standard InChI is InChI=1S/C16H28N4O3.ClH/c1-12(2)9-14-17-15(23-18-14)10-20-7-4-5-13(6-8-20)19(3)11-16(21)22;/h12-13H,4-11H2,1-3H3,(H,21,22);1H. The van der Waals surface area contributed by atoms with Crippen molar-refractivity contribution in [2.45, 2.75) is 52.1 Å². The molecule has 1 fully saturated rings. The smallest absolute Gasteiger partial charge is 0.317 e. The summed E-state index contributed by atoms with van der Waals surface area (Å²) in [5.74, 6) is 1.21. The molecule has 138 valence electrons. The van der Waals surface area contributed by atoms with Gasteiger partial charge in [0.15, 0.2) is 5.82 Å². The molecule has 1 unspecified atom stereocenters. The molecule has 0 bridgehead atoms. The minimum atomic E-state index is -0.767. The van der Waals surface area contributed by atoms with Crippen molar-refractivity contribution in [3.05, 3.63) is 11.7 Å². The van der Waals surface area contributed by atoms with E-state index in [-0.39, 0.29) is 19.0 Å². The van der Waals surface area contributed by atoms with Crippen LogP contribution < -0.4 is 0 Å². The Labute approximate surface area is 149 Å². The van der Waals surface area contributed by atoms with Gasteiger partial charge in [-0.05, 0) is 38.8 Å². The predicted molar refractivity (Wildman–Crippen MR) is 93.3 cm³/mol. The highest BCUT2D eigenvalue weighted by atomic mass is 35.5. The molecule has 1 aliphatic heterocycles. The van der Waals surface area contributed by atoms with Crippen molar-refractivity contribution in [1.82, 2.24) is 19.9 Å². The Morgan fingerprint density at radius 1 is 1.42 bits per heavy atom. The van der Waals surface area contributed by atoms with E-state index in [1.807, 2.05) is 11.9 Å².